The zero-order valence-corrected chi connectivity index (χ0v) is 10.8. The monoisotopic (exact) mass is 255 g/mol. The van der Waals surface area contributed by atoms with Crippen molar-refractivity contribution in [2.45, 2.75) is 44.2 Å². The fraction of sp³-hybridized carbons (Fsp3) is 0.467. The van der Waals surface area contributed by atoms with Gasteiger partial charge in [0.05, 0.1) is 35.7 Å². The van der Waals surface area contributed by atoms with Crippen molar-refractivity contribution in [3.63, 3.8) is 0 Å². The largest absolute Gasteiger partial charge is 0.391 e. The van der Waals surface area contributed by atoms with Crippen LogP contribution in [0.1, 0.15) is 37.5 Å². The molecule has 1 aliphatic rings. The lowest BCUT2D eigenvalue weighted by molar-refractivity contribution is 0.0761. The summed E-state index contributed by atoms with van der Waals surface area (Å²) in [5.41, 5.74) is 1.93. The number of rotatable bonds is 2. The van der Waals surface area contributed by atoms with Gasteiger partial charge in [-0.2, -0.15) is 5.26 Å². The Kier molecular flexibility index (Phi) is 3.22. The molecule has 0 unspecified atom stereocenters. The Morgan fingerprint density at radius 2 is 2.11 bits per heavy atom. The number of aliphatic hydroxyl groups is 1. The second-order valence-corrected chi connectivity index (χ2v) is 5.14. The number of para-hydroxylation sites is 2. The van der Waals surface area contributed by atoms with E-state index in [2.05, 4.69) is 15.6 Å². The zero-order valence-electron chi connectivity index (χ0n) is 10.8. The molecule has 0 saturated heterocycles. The molecule has 1 aromatic heterocycles. The van der Waals surface area contributed by atoms with Crippen LogP contribution in [0.25, 0.3) is 11.0 Å². The lowest BCUT2D eigenvalue weighted by Crippen LogP contribution is -2.28. The van der Waals surface area contributed by atoms with Crippen molar-refractivity contribution in [2.24, 2.45) is 0 Å². The number of hydrogen-bond donors (Lipinski definition) is 1. The Labute approximate surface area is 112 Å². The number of hydrogen-bond acceptors (Lipinski definition) is 3. The van der Waals surface area contributed by atoms with E-state index in [-0.39, 0.29) is 18.6 Å². The predicted octanol–water partition coefficient (Wildman–Crippen LogP) is 2.58. The molecule has 1 aromatic carbocycles. The minimum absolute atomic E-state index is 0.0597. The number of nitriles is 1. The van der Waals surface area contributed by atoms with Crippen molar-refractivity contribution in [3.8, 4) is 6.07 Å². The van der Waals surface area contributed by atoms with Crippen molar-refractivity contribution in [2.75, 3.05) is 0 Å². The van der Waals surface area contributed by atoms with Crippen LogP contribution in [0.3, 0.4) is 0 Å². The van der Waals surface area contributed by atoms with Crippen molar-refractivity contribution >= 4 is 11.0 Å². The number of nitrogens with zero attached hydrogens (tertiary/aromatic N) is 3. The average Bonchev–Trinajstić information content (AvgIpc) is 2.78. The minimum Gasteiger partial charge on any atom is -0.391 e. The second-order valence-electron chi connectivity index (χ2n) is 5.14. The first-order valence-corrected chi connectivity index (χ1v) is 6.82. The highest BCUT2D eigenvalue weighted by atomic mass is 16.3. The maximum atomic E-state index is 10.3. The third kappa shape index (κ3) is 2.11. The molecule has 1 saturated carbocycles. The fourth-order valence-corrected chi connectivity index (χ4v) is 3.05. The van der Waals surface area contributed by atoms with Crippen molar-refractivity contribution < 1.29 is 5.11 Å². The van der Waals surface area contributed by atoms with Gasteiger partial charge >= 0.3 is 0 Å². The number of aliphatic hydroxyl groups excluding tert-OH is 1. The molecule has 1 N–H and O–H groups in total. The Hall–Kier alpha value is -1.86. The molecule has 19 heavy (non-hydrogen) atoms. The molecular weight excluding hydrogens is 238 g/mol. The van der Waals surface area contributed by atoms with Crippen LogP contribution < -0.4 is 0 Å². The van der Waals surface area contributed by atoms with Crippen LogP contribution in [0.5, 0.6) is 0 Å². The molecular formula is C15H17N3O. The highest BCUT2D eigenvalue weighted by molar-refractivity contribution is 5.76. The molecule has 1 aliphatic carbocycles. The number of imidazole rings is 1. The zero-order chi connectivity index (χ0) is 13.2. The first-order valence-electron chi connectivity index (χ1n) is 6.82. The Morgan fingerprint density at radius 1 is 1.32 bits per heavy atom. The average molecular weight is 255 g/mol. The van der Waals surface area contributed by atoms with Gasteiger partial charge in [-0.05, 0) is 25.0 Å². The van der Waals surface area contributed by atoms with Crippen LogP contribution in [0.15, 0.2) is 24.3 Å². The topological polar surface area (TPSA) is 61.8 Å². The molecule has 4 nitrogen and oxygen atoms in total. The highest BCUT2D eigenvalue weighted by Gasteiger charge is 2.27. The van der Waals surface area contributed by atoms with Gasteiger partial charge in [0.25, 0.3) is 0 Å². The SMILES string of the molecule is N#CCc1nc2ccccc2n1[C@@H]1CCCC[C@H]1O. The lowest BCUT2D eigenvalue weighted by atomic mass is 9.92. The summed E-state index contributed by atoms with van der Waals surface area (Å²) in [6.07, 6.45) is 3.96. The van der Waals surface area contributed by atoms with E-state index < -0.39 is 0 Å². The molecule has 1 fully saturated rings. The second kappa shape index (κ2) is 5.02. The Morgan fingerprint density at radius 3 is 2.89 bits per heavy atom. The fourth-order valence-electron chi connectivity index (χ4n) is 3.05. The molecule has 0 radical (unpaired) electrons. The highest BCUT2D eigenvalue weighted by Crippen LogP contribution is 2.32. The van der Waals surface area contributed by atoms with E-state index in [0.29, 0.717) is 0 Å². The summed E-state index contributed by atoms with van der Waals surface area (Å²) in [5.74, 6) is 0.773. The van der Waals surface area contributed by atoms with Gasteiger partial charge in [-0.25, -0.2) is 4.98 Å². The maximum Gasteiger partial charge on any atom is 0.124 e. The molecule has 98 valence electrons. The van der Waals surface area contributed by atoms with Gasteiger partial charge in [0.2, 0.25) is 0 Å². The summed E-state index contributed by atoms with van der Waals surface area (Å²) >= 11 is 0. The van der Waals surface area contributed by atoms with E-state index in [9.17, 15) is 5.11 Å². The van der Waals surface area contributed by atoms with Gasteiger partial charge < -0.3 is 9.67 Å². The maximum absolute atomic E-state index is 10.3. The summed E-state index contributed by atoms with van der Waals surface area (Å²) in [6, 6.07) is 10.1. The van der Waals surface area contributed by atoms with Crippen LogP contribution in [0.2, 0.25) is 0 Å². The summed E-state index contributed by atoms with van der Waals surface area (Å²) < 4.78 is 2.09. The van der Waals surface area contributed by atoms with E-state index in [1.165, 1.54) is 0 Å². The third-order valence-electron chi connectivity index (χ3n) is 3.93. The summed E-state index contributed by atoms with van der Waals surface area (Å²) in [4.78, 5) is 4.54. The number of fused-ring (bicyclic) bond motifs is 1. The van der Waals surface area contributed by atoms with Crippen LogP contribution in [-0.4, -0.2) is 20.8 Å². The Balaban J connectivity index is 2.14. The van der Waals surface area contributed by atoms with Crippen LogP contribution in [0.4, 0.5) is 0 Å². The molecule has 2 atom stereocenters. The first-order chi connectivity index (χ1) is 9.31. The molecule has 2 aromatic rings. The summed E-state index contributed by atoms with van der Waals surface area (Å²) in [7, 11) is 0. The van der Waals surface area contributed by atoms with Crippen molar-refractivity contribution in [1.29, 1.82) is 5.26 Å². The van der Waals surface area contributed by atoms with Crippen LogP contribution in [0, 0.1) is 11.3 Å². The third-order valence-corrected chi connectivity index (χ3v) is 3.93. The number of aromatic nitrogens is 2. The van der Waals surface area contributed by atoms with Gasteiger partial charge in [0.15, 0.2) is 0 Å². The summed E-state index contributed by atoms with van der Waals surface area (Å²) in [6.45, 7) is 0. The minimum atomic E-state index is -0.330. The molecule has 0 spiro atoms. The quantitative estimate of drug-likeness (QED) is 0.897. The Bertz CT molecular complexity index is 626. The van der Waals surface area contributed by atoms with Gasteiger partial charge in [-0.1, -0.05) is 25.0 Å². The molecule has 0 aliphatic heterocycles. The number of benzene rings is 1. The standard InChI is InChI=1S/C15H17N3O/c16-10-9-15-17-11-5-1-2-6-12(11)18(15)13-7-3-4-8-14(13)19/h1-2,5-6,13-14,19H,3-4,7-9H2/t13-,14-/m1/s1. The summed E-state index contributed by atoms with van der Waals surface area (Å²) in [5, 5.41) is 19.2. The molecule has 0 bridgehead atoms. The first kappa shape index (κ1) is 12.2. The van der Waals surface area contributed by atoms with E-state index in [1.54, 1.807) is 0 Å². The van der Waals surface area contributed by atoms with Gasteiger partial charge in [0, 0.05) is 0 Å². The normalized spacial score (nSPS) is 23.4. The van der Waals surface area contributed by atoms with Crippen molar-refractivity contribution in [3.05, 3.63) is 30.1 Å². The molecule has 0 amide bonds. The molecule has 1 heterocycles. The van der Waals surface area contributed by atoms with E-state index in [1.807, 2.05) is 24.3 Å². The van der Waals surface area contributed by atoms with Crippen LogP contribution >= 0.6 is 0 Å². The smallest absolute Gasteiger partial charge is 0.124 e. The van der Waals surface area contributed by atoms with Gasteiger partial charge in [0.1, 0.15) is 5.82 Å². The molecule has 3 rings (SSSR count). The van der Waals surface area contributed by atoms with E-state index >= 15 is 0 Å². The van der Waals surface area contributed by atoms with E-state index in [4.69, 9.17) is 5.26 Å². The lowest BCUT2D eigenvalue weighted by Gasteiger charge is -2.30. The van der Waals surface area contributed by atoms with Crippen molar-refractivity contribution in [1.82, 2.24) is 9.55 Å². The van der Waals surface area contributed by atoms with Crippen LogP contribution in [-0.2, 0) is 6.42 Å². The predicted molar refractivity (Wildman–Crippen MR) is 72.6 cm³/mol. The van der Waals surface area contributed by atoms with Gasteiger partial charge in [-0.3, -0.25) is 0 Å². The van der Waals surface area contributed by atoms with E-state index in [0.717, 1.165) is 42.5 Å². The van der Waals surface area contributed by atoms with Gasteiger partial charge in [-0.15, -0.1) is 0 Å². The molecule has 4 heteroatoms.